The summed E-state index contributed by atoms with van der Waals surface area (Å²) in [7, 11) is 5.37. The normalized spacial score (nSPS) is 15.8. The number of rotatable bonds is 9. The number of nitrogens with zero attached hydrogens (tertiary/aromatic N) is 3. The molecular formula is C29H31ClN4O5. The average Bonchev–Trinajstić information content (AvgIpc) is 3.45. The molecule has 2 aromatic carbocycles. The van der Waals surface area contributed by atoms with E-state index >= 15 is 0 Å². The smallest absolute Gasteiger partial charge is 0.231 e. The summed E-state index contributed by atoms with van der Waals surface area (Å²) in [6.45, 7) is 2.54. The first-order valence-electron chi connectivity index (χ1n) is 12.8. The molecule has 0 atom stereocenters. The number of pyridine rings is 1. The van der Waals surface area contributed by atoms with E-state index in [1.54, 1.807) is 20.4 Å². The van der Waals surface area contributed by atoms with Crippen LogP contribution < -0.4 is 24.3 Å². The molecule has 1 aromatic heterocycles. The van der Waals surface area contributed by atoms with E-state index in [4.69, 9.17) is 35.3 Å². The fourth-order valence-electron chi connectivity index (χ4n) is 4.80. The lowest BCUT2D eigenvalue weighted by molar-refractivity contribution is 0.115. The number of anilines is 2. The fourth-order valence-corrected chi connectivity index (χ4v) is 5.06. The number of aromatic nitrogens is 1. The predicted molar refractivity (Wildman–Crippen MR) is 150 cm³/mol. The average molecular weight is 551 g/mol. The molecule has 0 unspecified atom stereocenters. The highest BCUT2D eigenvalue weighted by Crippen LogP contribution is 2.48. The molecule has 0 aliphatic carbocycles. The van der Waals surface area contributed by atoms with E-state index in [0.717, 1.165) is 31.5 Å². The molecule has 3 aromatic rings. The van der Waals surface area contributed by atoms with Crippen LogP contribution >= 0.6 is 11.6 Å². The number of hydrogen-bond donors (Lipinski definition) is 1. The number of methoxy groups -OCH3 is 2. The second-order valence-corrected chi connectivity index (χ2v) is 9.89. The molecule has 2 aliphatic heterocycles. The third-order valence-corrected chi connectivity index (χ3v) is 7.26. The number of piperidine rings is 1. The Hall–Kier alpha value is -3.71. The summed E-state index contributed by atoms with van der Waals surface area (Å²) in [6, 6.07) is 9.69. The molecule has 0 saturated carbocycles. The van der Waals surface area contributed by atoms with Crippen LogP contribution in [0.2, 0.25) is 0 Å². The van der Waals surface area contributed by atoms with Crippen molar-refractivity contribution in [3.05, 3.63) is 47.7 Å². The van der Waals surface area contributed by atoms with Crippen molar-refractivity contribution in [2.45, 2.75) is 25.4 Å². The molecule has 0 spiro atoms. The topological polar surface area (TPSA) is 98.1 Å². The van der Waals surface area contributed by atoms with Crippen molar-refractivity contribution in [2.75, 3.05) is 53.1 Å². The molecule has 3 heterocycles. The maximum Gasteiger partial charge on any atom is 0.231 e. The van der Waals surface area contributed by atoms with Gasteiger partial charge in [-0.25, -0.2) is 0 Å². The molecule has 0 bridgehead atoms. The Morgan fingerprint density at radius 1 is 1.23 bits per heavy atom. The van der Waals surface area contributed by atoms with E-state index in [1.165, 1.54) is 0 Å². The minimum Gasteiger partial charge on any atom is -0.497 e. The number of hydrogen-bond acceptors (Lipinski definition) is 9. The summed E-state index contributed by atoms with van der Waals surface area (Å²) in [5, 5.41) is 14.7. The van der Waals surface area contributed by atoms with Crippen molar-refractivity contribution >= 4 is 38.9 Å². The second-order valence-electron chi connectivity index (χ2n) is 9.48. The van der Waals surface area contributed by atoms with Crippen LogP contribution in [-0.2, 0) is 4.74 Å². The lowest BCUT2D eigenvalue weighted by atomic mass is 10.1. The third kappa shape index (κ3) is 5.69. The highest BCUT2D eigenvalue weighted by Gasteiger charge is 2.26. The lowest BCUT2D eigenvalue weighted by Crippen LogP contribution is -2.35. The Balaban J connectivity index is 1.57. The van der Waals surface area contributed by atoms with Crippen molar-refractivity contribution < 1.29 is 23.7 Å². The zero-order valence-electron chi connectivity index (χ0n) is 22.3. The number of halogens is 1. The molecule has 0 radical (unpaired) electrons. The number of benzene rings is 2. The molecular weight excluding hydrogens is 520 g/mol. The van der Waals surface area contributed by atoms with Gasteiger partial charge in [0.15, 0.2) is 11.5 Å². The molecule has 0 amide bonds. The molecule has 10 heteroatoms. The Morgan fingerprint density at radius 3 is 2.77 bits per heavy atom. The first-order chi connectivity index (χ1) is 19.0. The molecule has 1 N–H and O–H groups in total. The van der Waals surface area contributed by atoms with Gasteiger partial charge in [-0.3, -0.25) is 4.98 Å². The number of nitrogens with one attached hydrogen (secondary N) is 1. The van der Waals surface area contributed by atoms with Gasteiger partial charge in [-0.05, 0) is 38.4 Å². The Bertz CT molecular complexity index is 1430. The van der Waals surface area contributed by atoms with E-state index in [2.05, 4.69) is 28.3 Å². The van der Waals surface area contributed by atoms with Crippen molar-refractivity contribution in [3.8, 4) is 29.1 Å². The molecule has 5 rings (SSSR count). The molecule has 1 saturated heterocycles. The van der Waals surface area contributed by atoms with Crippen LogP contribution in [0.3, 0.4) is 0 Å². The van der Waals surface area contributed by atoms with Gasteiger partial charge in [-0.2, -0.15) is 5.26 Å². The minimum absolute atomic E-state index is 0.0439. The predicted octanol–water partition coefficient (Wildman–Crippen LogP) is 5.68. The first kappa shape index (κ1) is 26.9. The van der Waals surface area contributed by atoms with Crippen LogP contribution in [0, 0.1) is 11.3 Å². The van der Waals surface area contributed by atoms with E-state index < -0.39 is 0 Å². The maximum atomic E-state index is 10.0. The third-order valence-electron chi connectivity index (χ3n) is 6.90. The summed E-state index contributed by atoms with van der Waals surface area (Å²) in [5.74, 6) is 2.30. The number of likely N-dealkylation sites (tertiary alicyclic amines) is 1. The number of nitriles is 1. The molecule has 1 fully saturated rings. The van der Waals surface area contributed by atoms with E-state index in [-0.39, 0.29) is 12.9 Å². The fraction of sp³-hybridized carbons (Fsp3) is 0.379. The Labute approximate surface area is 232 Å². The van der Waals surface area contributed by atoms with Crippen LogP contribution in [0.1, 0.15) is 30.4 Å². The van der Waals surface area contributed by atoms with Crippen molar-refractivity contribution in [1.29, 1.82) is 5.26 Å². The summed E-state index contributed by atoms with van der Waals surface area (Å²) >= 11 is 6.58. The standard InChI is InChI=1S/C29H31ClN4O5/c1-34-10-8-19(9-11-34)39-25-14-20(36-3)13-24-26(25)27(18(15-31)16-32-24)33-23-7-6-21(22(30)5-4-12-35-2)28-29(23)38-17-37-28/h5-7,13-14,16,19H,4,8-12,17H2,1-3H3,(H,32,33)/b22-5-. The van der Waals surface area contributed by atoms with Crippen LogP contribution in [0.4, 0.5) is 11.4 Å². The molecule has 204 valence electrons. The highest BCUT2D eigenvalue weighted by molar-refractivity contribution is 6.49. The maximum absolute atomic E-state index is 10.0. The summed E-state index contributed by atoms with van der Waals surface area (Å²) in [5.41, 5.74) is 2.95. The first-order valence-corrected chi connectivity index (χ1v) is 13.2. The second kappa shape index (κ2) is 12.0. The van der Waals surface area contributed by atoms with Gasteiger partial charge in [0, 0.05) is 55.7 Å². The SMILES string of the molecule is COCC/C=C(\Cl)c1ccc(Nc2c(C#N)cnc3cc(OC)cc(OC4CCN(C)CC4)c23)c2c1OCO2. The number of fused-ring (bicyclic) bond motifs is 2. The summed E-state index contributed by atoms with van der Waals surface area (Å²) in [4.78, 5) is 6.84. The zero-order chi connectivity index (χ0) is 27.4. The van der Waals surface area contributed by atoms with Gasteiger partial charge >= 0.3 is 0 Å². The van der Waals surface area contributed by atoms with Crippen molar-refractivity contribution in [2.24, 2.45) is 0 Å². The van der Waals surface area contributed by atoms with Crippen molar-refractivity contribution in [3.63, 3.8) is 0 Å². The Morgan fingerprint density at radius 2 is 2.03 bits per heavy atom. The number of ether oxygens (including phenoxy) is 5. The molecule has 39 heavy (non-hydrogen) atoms. The summed E-state index contributed by atoms with van der Waals surface area (Å²) < 4.78 is 28.9. The highest BCUT2D eigenvalue weighted by atomic mass is 35.5. The van der Waals surface area contributed by atoms with Gasteiger partial charge in [0.1, 0.15) is 23.7 Å². The zero-order valence-corrected chi connectivity index (χ0v) is 23.0. The van der Waals surface area contributed by atoms with E-state index in [0.29, 0.717) is 68.9 Å². The van der Waals surface area contributed by atoms with Gasteiger partial charge in [-0.1, -0.05) is 17.7 Å². The lowest BCUT2D eigenvalue weighted by Gasteiger charge is -2.30. The van der Waals surface area contributed by atoms with E-state index in [9.17, 15) is 5.26 Å². The van der Waals surface area contributed by atoms with Gasteiger partial charge in [0.05, 0.1) is 35.0 Å². The van der Waals surface area contributed by atoms with Gasteiger partial charge in [-0.15, -0.1) is 0 Å². The molecule has 2 aliphatic rings. The van der Waals surface area contributed by atoms with Gasteiger partial charge < -0.3 is 33.9 Å². The summed E-state index contributed by atoms with van der Waals surface area (Å²) in [6.07, 6.45) is 5.96. The van der Waals surface area contributed by atoms with Crippen LogP contribution in [-0.4, -0.2) is 63.7 Å². The largest absolute Gasteiger partial charge is 0.497 e. The van der Waals surface area contributed by atoms with Crippen LogP contribution in [0.5, 0.6) is 23.0 Å². The van der Waals surface area contributed by atoms with Crippen LogP contribution in [0.25, 0.3) is 15.9 Å². The van der Waals surface area contributed by atoms with Crippen molar-refractivity contribution in [1.82, 2.24) is 9.88 Å². The quantitative estimate of drug-likeness (QED) is 0.337. The Kier molecular flexibility index (Phi) is 8.27. The van der Waals surface area contributed by atoms with Gasteiger partial charge in [0.2, 0.25) is 6.79 Å². The molecule has 9 nitrogen and oxygen atoms in total. The monoisotopic (exact) mass is 550 g/mol. The minimum atomic E-state index is 0.0439. The van der Waals surface area contributed by atoms with Gasteiger partial charge in [0.25, 0.3) is 0 Å². The van der Waals surface area contributed by atoms with Crippen LogP contribution in [0.15, 0.2) is 36.5 Å². The van der Waals surface area contributed by atoms with E-state index in [1.807, 2.05) is 30.3 Å².